The van der Waals surface area contributed by atoms with Crippen molar-refractivity contribution in [1.29, 1.82) is 0 Å². The number of aromatic nitrogens is 2. The highest BCUT2D eigenvalue weighted by Gasteiger charge is 2.35. The smallest absolute Gasteiger partial charge is 0.419 e. The fourth-order valence-electron chi connectivity index (χ4n) is 2.84. The van der Waals surface area contributed by atoms with Crippen LogP contribution in [0.4, 0.5) is 13.2 Å². The van der Waals surface area contributed by atoms with Crippen molar-refractivity contribution in [2.24, 2.45) is 5.73 Å². The summed E-state index contributed by atoms with van der Waals surface area (Å²) in [4.78, 5) is 0. The van der Waals surface area contributed by atoms with Gasteiger partial charge in [0.15, 0.2) is 0 Å². The van der Waals surface area contributed by atoms with E-state index in [1.54, 1.807) is 13.0 Å². The Morgan fingerprint density at radius 3 is 2.55 bits per heavy atom. The molecule has 2 aromatic carbocycles. The molecule has 0 aliphatic heterocycles. The highest BCUT2D eigenvalue weighted by molar-refractivity contribution is 7.14. The molecule has 1 unspecified atom stereocenters. The first-order chi connectivity index (χ1) is 15.6. The number of aliphatic hydroxyl groups is 1. The summed E-state index contributed by atoms with van der Waals surface area (Å²) in [6.07, 6.45) is -4.04. The van der Waals surface area contributed by atoms with Crippen LogP contribution in [0.25, 0.3) is 10.6 Å². The number of aliphatic hydroxyl groups excluding tert-OH is 1. The van der Waals surface area contributed by atoms with Crippen molar-refractivity contribution in [3.05, 3.63) is 63.6 Å². The van der Waals surface area contributed by atoms with E-state index >= 15 is 0 Å². The lowest BCUT2D eigenvalue weighted by atomic mass is 10.1. The summed E-state index contributed by atoms with van der Waals surface area (Å²) < 4.78 is 51.7. The minimum absolute atomic E-state index is 0.0457. The van der Waals surface area contributed by atoms with Crippen LogP contribution in [0.2, 0.25) is 5.02 Å². The van der Waals surface area contributed by atoms with Crippen LogP contribution in [0, 0.1) is 0 Å². The summed E-state index contributed by atoms with van der Waals surface area (Å²) in [5.41, 5.74) is 5.03. The molecule has 33 heavy (non-hydrogen) atoms. The molecule has 3 rings (SSSR count). The normalized spacial score (nSPS) is 13.7. The van der Waals surface area contributed by atoms with Crippen LogP contribution < -0.4 is 10.5 Å². The molecule has 11 heteroatoms. The number of hydrogen-bond donors (Lipinski definition) is 2. The zero-order chi connectivity index (χ0) is 24.1. The SMILES string of the molecule is CC(N)(CO)c1nnc(-c2ccc(OCCOCCc3ccccc3Cl)c(C(F)(F)F)c2)s1. The summed E-state index contributed by atoms with van der Waals surface area (Å²) in [6.45, 7) is 1.63. The lowest BCUT2D eigenvalue weighted by Gasteiger charge is -2.17. The standard InChI is InChI=1S/C22H23ClF3N3O3S/c1-21(27,13-30)20-29-28-19(33-20)15-6-7-18(16(12-15)22(24,25)26)32-11-10-31-9-8-14-4-2-3-5-17(14)23/h2-7,12,30H,8-11,13,27H2,1H3. The molecule has 0 radical (unpaired) electrons. The van der Waals surface area contributed by atoms with Crippen molar-refractivity contribution < 1.29 is 27.8 Å². The lowest BCUT2D eigenvalue weighted by molar-refractivity contribution is -0.139. The Labute approximate surface area is 198 Å². The summed E-state index contributed by atoms with van der Waals surface area (Å²) in [7, 11) is 0. The number of rotatable bonds is 10. The molecule has 0 amide bonds. The summed E-state index contributed by atoms with van der Waals surface area (Å²) in [5, 5.41) is 18.4. The Morgan fingerprint density at radius 2 is 1.85 bits per heavy atom. The number of nitrogens with two attached hydrogens (primary N) is 1. The van der Waals surface area contributed by atoms with Gasteiger partial charge in [-0.1, -0.05) is 41.1 Å². The highest BCUT2D eigenvalue weighted by Crippen LogP contribution is 2.39. The third-order valence-corrected chi connectivity index (χ3v) is 6.35. The maximum atomic E-state index is 13.6. The molecular weight excluding hydrogens is 479 g/mol. The summed E-state index contributed by atoms with van der Waals surface area (Å²) in [6, 6.07) is 11.1. The molecule has 0 saturated heterocycles. The van der Waals surface area contributed by atoms with E-state index in [2.05, 4.69) is 10.2 Å². The predicted molar refractivity (Wildman–Crippen MR) is 120 cm³/mol. The van der Waals surface area contributed by atoms with Gasteiger partial charge in [-0.15, -0.1) is 10.2 Å². The van der Waals surface area contributed by atoms with E-state index in [0.29, 0.717) is 23.1 Å². The van der Waals surface area contributed by atoms with Gasteiger partial charge in [-0.05, 0) is 43.2 Å². The number of halogens is 4. The Kier molecular flexibility index (Phi) is 8.30. The van der Waals surface area contributed by atoms with Crippen molar-refractivity contribution in [2.75, 3.05) is 26.4 Å². The van der Waals surface area contributed by atoms with Gasteiger partial charge in [-0.25, -0.2) is 0 Å². The van der Waals surface area contributed by atoms with Crippen LogP contribution in [0.3, 0.4) is 0 Å². The topological polar surface area (TPSA) is 90.5 Å². The zero-order valence-corrected chi connectivity index (χ0v) is 19.3. The third kappa shape index (κ3) is 6.64. The van der Waals surface area contributed by atoms with Crippen LogP contribution in [0.15, 0.2) is 42.5 Å². The van der Waals surface area contributed by atoms with Gasteiger partial charge in [0.1, 0.15) is 22.4 Å². The molecule has 178 valence electrons. The van der Waals surface area contributed by atoms with E-state index in [-0.39, 0.29) is 36.1 Å². The monoisotopic (exact) mass is 501 g/mol. The Hall–Kier alpha value is -2.24. The molecule has 1 atom stereocenters. The van der Waals surface area contributed by atoms with Crippen molar-refractivity contribution in [3.63, 3.8) is 0 Å². The molecule has 3 N–H and O–H groups in total. The van der Waals surface area contributed by atoms with Crippen LogP contribution in [-0.4, -0.2) is 41.7 Å². The van der Waals surface area contributed by atoms with Crippen molar-refractivity contribution in [1.82, 2.24) is 10.2 Å². The first-order valence-electron chi connectivity index (χ1n) is 10.0. The molecule has 0 spiro atoms. The molecule has 0 aliphatic rings. The average Bonchev–Trinajstić information content (AvgIpc) is 3.28. The molecular formula is C22H23ClF3N3O3S. The molecule has 0 bridgehead atoms. The van der Waals surface area contributed by atoms with Crippen LogP contribution >= 0.6 is 22.9 Å². The van der Waals surface area contributed by atoms with Crippen LogP contribution in [0.1, 0.15) is 23.1 Å². The van der Waals surface area contributed by atoms with Gasteiger partial charge < -0.3 is 20.3 Å². The van der Waals surface area contributed by atoms with Gasteiger partial charge in [0.2, 0.25) is 0 Å². The number of benzene rings is 2. The average molecular weight is 502 g/mol. The van der Waals surface area contributed by atoms with Gasteiger partial charge in [0.25, 0.3) is 0 Å². The number of nitrogens with zero attached hydrogens (tertiary/aromatic N) is 2. The number of hydrogen-bond acceptors (Lipinski definition) is 7. The van der Waals surface area contributed by atoms with E-state index < -0.39 is 17.3 Å². The molecule has 0 saturated carbocycles. The van der Waals surface area contributed by atoms with Crippen LogP contribution in [-0.2, 0) is 22.9 Å². The van der Waals surface area contributed by atoms with Crippen molar-refractivity contribution >= 4 is 22.9 Å². The molecule has 0 aliphatic carbocycles. The molecule has 3 aromatic rings. The lowest BCUT2D eigenvalue weighted by Crippen LogP contribution is -2.36. The molecule has 1 heterocycles. The van der Waals surface area contributed by atoms with E-state index in [1.807, 2.05) is 18.2 Å². The predicted octanol–water partition coefficient (Wildman–Crippen LogP) is 4.68. The fraction of sp³-hybridized carbons (Fsp3) is 0.364. The maximum Gasteiger partial charge on any atom is 0.419 e. The second kappa shape index (κ2) is 10.8. The fourth-order valence-corrected chi connectivity index (χ4v) is 3.96. The van der Waals surface area contributed by atoms with E-state index in [4.69, 9.17) is 26.8 Å². The van der Waals surface area contributed by atoms with E-state index in [9.17, 15) is 18.3 Å². The number of alkyl halides is 3. The second-order valence-electron chi connectivity index (χ2n) is 7.50. The van der Waals surface area contributed by atoms with Crippen molar-refractivity contribution in [2.45, 2.75) is 25.1 Å². The third-order valence-electron chi connectivity index (χ3n) is 4.73. The molecule has 0 fully saturated rings. The largest absolute Gasteiger partial charge is 0.491 e. The van der Waals surface area contributed by atoms with Gasteiger partial charge in [-0.2, -0.15) is 13.2 Å². The van der Waals surface area contributed by atoms with E-state index in [0.717, 1.165) is 23.0 Å². The van der Waals surface area contributed by atoms with Gasteiger partial charge in [0.05, 0.1) is 30.9 Å². The summed E-state index contributed by atoms with van der Waals surface area (Å²) in [5.74, 6) is -0.301. The summed E-state index contributed by atoms with van der Waals surface area (Å²) >= 11 is 7.10. The highest BCUT2D eigenvalue weighted by atomic mass is 35.5. The maximum absolute atomic E-state index is 13.6. The van der Waals surface area contributed by atoms with Crippen LogP contribution in [0.5, 0.6) is 5.75 Å². The minimum atomic E-state index is -4.63. The first-order valence-corrected chi connectivity index (χ1v) is 11.2. The quantitative estimate of drug-likeness (QED) is 0.392. The van der Waals surface area contributed by atoms with Gasteiger partial charge >= 0.3 is 6.18 Å². The second-order valence-corrected chi connectivity index (χ2v) is 8.88. The van der Waals surface area contributed by atoms with E-state index in [1.165, 1.54) is 12.1 Å². The Balaban J connectivity index is 1.62. The Bertz CT molecular complexity index is 1080. The van der Waals surface area contributed by atoms with Gasteiger partial charge in [-0.3, -0.25) is 0 Å². The minimum Gasteiger partial charge on any atom is -0.491 e. The number of ether oxygens (including phenoxy) is 2. The molecule has 6 nitrogen and oxygen atoms in total. The molecule has 1 aromatic heterocycles. The van der Waals surface area contributed by atoms with Crippen molar-refractivity contribution in [3.8, 4) is 16.3 Å². The van der Waals surface area contributed by atoms with Gasteiger partial charge in [0, 0.05) is 10.6 Å². The first kappa shape index (κ1) is 25.4. The zero-order valence-electron chi connectivity index (χ0n) is 17.7. The Morgan fingerprint density at radius 1 is 1.09 bits per heavy atom.